The van der Waals surface area contributed by atoms with Crippen LogP contribution in [0.25, 0.3) is 0 Å². The van der Waals surface area contributed by atoms with Crippen LogP contribution in [0, 0.1) is 0 Å². The minimum absolute atomic E-state index is 0.0342. The van der Waals surface area contributed by atoms with Crippen LogP contribution in [0.2, 0.25) is 5.02 Å². The number of carbonyl (C=O) groups excluding carboxylic acids is 1. The highest BCUT2D eigenvalue weighted by Gasteiger charge is 2.31. The highest BCUT2D eigenvalue weighted by molar-refractivity contribution is 7.90. The number of aromatic nitrogens is 1. The van der Waals surface area contributed by atoms with Crippen molar-refractivity contribution in [2.24, 2.45) is 0 Å². The molecule has 0 atom stereocenters. The van der Waals surface area contributed by atoms with Gasteiger partial charge in [-0.2, -0.15) is 0 Å². The van der Waals surface area contributed by atoms with Crippen molar-refractivity contribution in [1.29, 1.82) is 0 Å². The quantitative estimate of drug-likeness (QED) is 0.863. The Bertz CT molecular complexity index is 897. The highest BCUT2D eigenvalue weighted by atomic mass is 35.5. The number of rotatable bonds is 1. The minimum Gasteiger partial charge on any atom is -0.478 e. The van der Waals surface area contributed by atoms with E-state index in [9.17, 15) is 18.0 Å². The van der Waals surface area contributed by atoms with E-state index in [0.717, 1.165) is 10.2 Å². The summed E-state index contributed by atoms with van der Waals surface area (Å²) < 4.78 is 26.0. The fraction of sp³-hybridized carbons (Fsp3) is 0.0769. The van der Waals surface area contributed by atoms with Crippen LogP contribution in [0.4, 0.5) is 0 Å². The minimum atomic E-state index is -3.97. The van der Waals surface area contributed by atoms with Gasteiger partial charge in [0.25, 0.3) is 10.0 Å². The summed E-state index contributed by atoms with van der Waals surface area (Å²) >= 11 is 5.78. The SMILES string of the molecule is O=C(O)c1ccc2c(c1)CC(=O)c1cc(Cl)cn1S2(=O)=O. The number of fused-ring (bicyclic) bond motifs is 2. The maximum Gasteiger partial charge on any atom is 0.335 e. The molecular formula is C13H8ClNO5S. The van der Waals surface area contributed by atoms with Gasteiger partial charge >= 0.3 is 5.97 Å². The zero-order chi connectivity index (χ0) is 15.4. The lowest BCUT2D eigenvalue weighted by Crippen LogP contribution is -2.14. The van der Waals surface area contributed by atoms with Gasteiger partial charge in [-0.15, -0.1) is 0 Å². The highest BCUT2D eigenvalue weighted by Crippen LogP contribution is 2.29. The Labute approximate surface area is 124 Å². The van der Waals surface area contributed by atoms with Crippen LogP contribution in [-0.2, 0) is 16.4 Å². The summed E-state index contributed by atoms with van der Waals surface area (Å²) in [7, 11) is -3.97. The van der Waals surface area contributed by atoms with E-state index in [0.29, 0.717) is 0 Å². The average Bonchev–Trinajstić information content (AvgIpc) is 2.78. The molecule has 0 amide bonds. The van der Waals surface area contributed by atoms with Gasteiger partial charge in [0.1, 0.15) is 5.69 Å². The summed E-state index contributed by atoms with van der Waals surface area (Å²) in [6, 6.07) is 4.89. The molecule has 6 nitrogen and oxygen atoms in total. The third-order valence-corrected chi connectivity index (χ3v) is 5.21. The molecule has 0 saturated heterocycles. The van der Waals surface area contributed by atoms with Crippen LogP contribution in [0.3, 0.4) is 0 Å². The molecule has 3 rings (SSSR count). The van der Waals surface area contributed by atoms with E-state index in [1.165, 1.54) is 24.3 Å². The lowest BCUT2D eigenvalue weighted by Gasteiger charge is -2.08. The number of benzene rings is 1. The largest absolute Gasteiger partial charge is 0.478 e. The average molecular weight is 326 g/mol. The molecule has 2 aromatic rings. The molecule has 0 unspecified atom stereocenters. The molecule has 8 heteroatoms. The zero-order valence-electron chi connectivity index (χ0n) is 10.4. The van der Waals surface area contributed by atoms with Crippen LogP contribution in [-0.4, -0.2) is 29.2 Å². The van der Waals surface area contributed by atoms with Gasteiger partial charge in [-0.05, 0) is 29.8 Å². The Hall–Kier alpha value is -2.12. The number of carbonyl (C=O) groups is 2. The number of nitrogens with zero attached hydrogens (tertiary/aromatic N) is 1. The van der Waals surface area contributed by atoms with Crippen LogP contribution in [0.1, 0.15) is 26.4 Å². The van der Waals surface area contributed by atoms with Gasteiger partial charge < -0.3 is 5.11 Å². The van der Waals surface area contributed by atoms with Crippen LogP contribution in [0.15, 0.2) is 35.4 Å². The van der Waals surface area contributed by atoms with Gasteiger partial charge in [0.2, 0.25) is 0 Å². The summed E-state index contributed by atoms with van der Waals surface area (Å²) in [5.41, 5.74) is 0.0640. The second kappa shape index (κ2) is 4.44. The van der Waals surface area contributed by atoms with Crippen molar-refractivity contribution in [2.45, 2.75) is 11.3 Å². The van der Waals surface area contributed by atoms with Gasteiger partial charge in [0.15, 0.2) is 5.78 Å². The summed E-state index contributed by atoms with van der Waals surface area (Å²) in [6.45, 7) is 0. The smallest absolute Gasteiger partial charge is 0.335 e. The van der Waals surface area contributed by atoms with E-state index >= 15 is 0 Å². The van der Waals surface area contributed by atoms with Crippen LogP contribution < -0.4 is 0 Å². The van der Waals surface area contributed by atoms with Crippen molar-refractivity contribution >= 4 is 33.4 Å². The third kappa shape index (κ3) is 2.05. The molecule has 0 saturated carbocycles. The van der Waals surface area contributed by atoms with E-state index in [-0.39, 0.29) is 33.2 Å². The fourth-order valence-electron chi connectivity index (χ4n) is 2.29. The number of carboxylic acid groups (broad SMARTS) is 1. The lowest BCUT2D eigenvalue weighted by atomic mass is 10.0. The van der Waals surface area contributed by atoms with E-state index in [4.69, 9.17) is 16.7 Å². The first-order valence-corrected chi connectivity index (χ1v) is 7.65. The molecular weight excluding hydrogens is 318 g/mol. The molecule has 108 valence electrons. The number of carboxylic acids is 1. The van der Waals surface area contributed by atoms with Crippen molar-refractivity contribution in [1.82, 2.24) is 3.97 Å². The molecule has 1 aromatic heterocycles. The van der Waals surface area contributed by atoms with Gasteiger partial charge in [0, 0.05) is 12.6 Å². The Kier molecular flexibility index (Phi) is 2.93. The molecule has 0 radical (unpaired) electrons. The van der Waals surface area contributed by atoms with Gasteiger partial charge in [0.05, 0.1) is 15.5 Å². The second-order valence-electron chi connectivity index (χ2n) is 4.57. The van der Waals surface area contributed by atoms with Gasteiger partial charge in [-0.3, -0.25) is 4.79 Å². The number of halogens is 1. The number of aromatic carboxylic acids is 1. The molecule has 2 heterocycles. The number of Topliss-reactive ketones (excluding diaryl/α,β-unsaturated/α-hetero) is 1. The normalized spacial score (nSPS) is 16.0. The lowest BCUT2D eigenvalue weighted by molar-refractivity contribution is 0.0696. The first kappa shape index (κ1) is 13.8. The molecule has 1 aliphatic heterocycles. The number of hydrogen-bond donors (Lipinski definition) is 1. The first-order chi connectivity index (χ1) is 9.80. The molecule has 0 bridgehead atoms. The van der Waals surface area contributed by atoms with Crippen molar-refractivity contribution in [3.05, 3.63) is 52.3 Å². The molecule has 0 spiro atoms. The van der Waals surface area contributed by atoms with E-state index in [1.807, 2.05) is 0 Å². The van der Waals surface area contributed by atoms with E-state index < -0.39 is 21.8 Å². The number of hydrogen-bond acceptors (Lipinski definition) is 4. The Morgan fingerprint density at radius 1 is 1.29 bits per heavy atom. The molecule has 1 aromatic carbocycles. The summed E-state index contributed by atoms with van der Waals surface area (Å²) in [4.78, 5) is 23.0. The monoisotopic (exact) mass is 325 g/mol. The molecule has 21 heavy (non-hydrogen) atoms. The first-order valence-electron chi connectivity index (χ1n) is 5.83. The molecule has 0 aliphatic carbocycles. The Morgan fingerprint density at radius 3 is 2.67 bits per heavy atom. The van der Waals surface area contributed by atoms with Crippen molar-refractivity contribution in [3.8, 4) is 0 Å². The predicted molar refractivity (Wildman–Crippen MR) is 73.5 cm³/mol. The summed E-state index contributed by atoms with van der Waals surface area (Å²) in [6.07, 6.45) is 0.959. The predicted octanol–water partition coefficient (Wildman–Crippen LogP) is 1.82. The zero-order valence-corrected chi connectivity index (χ0v) is 12.0. The molecule has 1 N–H and O–H groups in total. The van der Waals surface area contributed by atoms with Gasteiger partial charge in [-0.1, -0.05) is 11.6 Å². The second-order valence-corrected chi connectivity index (χ2v) is 6.79. The van der Waals surface area contributed by atoms with Gasteiger partial charge in [-0.25, -0.2) is 17.2 Å². The fourth-order valence-corrected chi connectivity index (χ4v) is 4.13. The van der Waals surface area contributed by atoms with Crippen molar-refractivity contribution in [3.63, 3.8) is 0 Å². The maximum atomic E-state index is 12.6. The standard InChI is InChI=1S/C13H8ClNO5S/c14-9-5-10-11(16)4-8-3-7(13(17)18)1-2-12(8)21(19,20)15(10)6-9/h1-3,5-6H,4H2,(H,17,18). The van der Waals surface area contributed by atoms with E-state index in [2.05, 4.69) is 0 Å². The number of ketones is 1. The van der Waals surface area contributed by atoms with Crippen molar-refractivity contribution < 1.29 is 23.1 Å². The van der Waals surface area contributed by atoms with Crippen LogP contribution >= 0.6 is 11.6 Å². The summed E-state index contributed by atoms with van der Waals surface area (Å²) in [5, 5.41) is 9.11. The Balaban J connectivity index is 2.32. The topological polar surface area (TPSA) is 93.4 Å². The molecule has 1 aliphatic rings. The van der Waals surface area contributed by atoms with E-state index in [1.54, 1.807) is 0 Å². The molecule has 0 fully saturated rings. The van der Waals surface area contributed by atoms with Crippen LogP contribution in [0.5, 0.6) is 0 Å². The third-order valence-electron chi connectivity index (χ3n) is 3.23. The Morgan fingerprint density at radius 2 is 2.00 bits per heavy atom. The summed E-state index contributed by atoms with van der Waals surface area (Å²) in [5.74, 6) is -1.62. The maximum absolute atomic E-state index is 12.6. The van der Waals surface area contributed by atoms with Crippen molar-refractivity contribution in [2.75, 3.05) is 0 Å².